The minimum Gasteiger partial charge on any atom is -0.372 e. The summed E-state index contributed by atoms with van der Waals surface area (Å²) in [6.45, 7) is 4.76. The molecule has 1 unspecified atom stereocenters. The Kier molecular flexibility index (Phi) is 5.67. The molecule has 2 aromatic rings. The van der Waals surface area contributed by atoms with Gasteiger partial charge in [0.25, 0.3) is 0 Å². The van der Waals surface area contributed by atoms with E-state index in [0.29, 0.717) is 12.6 Å². The van der Waals surface area contributed by atoms with Gasteiger partial charge in [0.2, 0.25) is 5.91 Å². The average molecular weight is 378 g/mol. The van der Waals surface area contributed by atoms with Crippen LogP contribution in [0, 0.1) is 6.92 Å². The van der Waals surface area contributed by atoms with Gasteiger partial charge in [0.15, 0.2) is 0 Å². The number of rotatable bonds is 5. The summed E-state index contributed by atoms with van der Waals surface area (Å²) in [7, 11) is 2.07. The predicted molar refractivity (Wildman–Crippen MR) is 116 cm³/mol. The zero-order valence-electron chi connectivity index (χ0n) is 17.1. The molecule has 1 saturated heterocycles. The highest BCUT2D eigenvalue weighted by Crippen LogP contribution is 2.33. The third-order valence-electron chi connectivity index (χ3n) is 6.22. The van der Waals surface area contributed by atoms with Gasteiger partial charge in [-0.05, 0) is 81.0 Å². The maximum atomic E-state index is 12.7. The molecule has 1 aliphatic heterocycles. The third kappa shape index (κ3) is 4.07. The van der Waals surface area contributed by atoms with Crippen LogP contribution in [0.2, 0.25) is 0 Å². The topological polar surface area (TPSA) is 35.6 Å². The van der Waals surface area contributed by atoms with Crippen molar-refractivity contribution in [3.05, 3.63) is 59.2 Å². The lowest BCUT2D eigenvalue weighted by Gasteiger charge is -2.33. The Morgan fingerprint density at radius 3 is 2.71 bits per heavy atom. The minimum atomic E-state index is 0.0579. The molecule has 0 radical (unpaired) electrons. The molecule has 1 heterocycles. The fourth-order valence-corrected chi connectivity index (χ4v) is 4.67. The molecule has 0 spiro atoms. The maximum absolute atomic E-state index is 12.7. The van der Waals surface area contributed by atoms with Gasteiger partial charge in [-0.2, -0.15) is 0 Å². The molecule has 1 fully saturated rings. The molecule has 1 aliphatic carbocycles. The summed E-state index contributed by atoms with van der Waals surface area (Å²) in [6, 6.07) is 15.4. The number of hydrogen-bond acceptors (Lipinski definition) is 3. The van der Waals surface area contributed by atoms with E-state index in [1.165, 1.54) is 36.1 Å². The Morgan fingerprint density at radius 1 is 1.14 bits per heavy atom. The van der Waals surface area contributed by atoms with Crippen molar-refractivity contribution in [2.24, 2.45) is 0 Å². The molecule has 1 atom stereocenters. The zero-order chi connectivity index (χ0) is 19.5. The summed E-state index contributed by atoms with van der Waals surface area (Å²) in [5.74, 6) is 0.0579. The molecule has 1 N–H and O–H groups in total. The summed E-state index contributed by atoms with van der Waals surface area (Å²) in [5, 5.41) is 3.12. The predicted octanol–water partition coefficient (Wildman–Crippen LogP) is 4.54. The van der Waals surface area contributed by atoms with Gasteiger partial charge in [-0.3, -0.25) is 9.69 Å². The van der Waals surface area contributed by atoms with E-state index in [0.717, 1.165) is 37.2 Å². The van der Waals surface area contributed by atoms with Crippen LogP contribution in [0.1, 0.15) is 48.4 Å². The number of nitrogens with one attached hydrogen (secondary N) is 1. The average Bonchev–Trinajstić information content (AvgIpc) is 3.24. The molecule has 4 heteroatoms. The minimum absolute atomic E-state index is 0.0579. The molecular weight excluding hydrogens is 346 g/mol. The van der Waals surface area contributed by atoms with Crippen LogP contribution in [0.4, 0.5) is 11.4 Å². The van der Waals surface area contributed by atoms with Gasteiger partial charge in [-0.1, -0.05) is 24.3 Å². The molecule has 2 aromatic carbocycles. The summed E-state index contributed by atoms with van der Waals surface area (Å²) in [6.07, 6.45) is 5.99. The fourth-order valence-electron chi connectivity index (χ4n) is 4.67. The number of likely N-dealkylation sites (N-methyl/N-ethyl adjacent to an activating group) is 1. The molecule has 0 bridgehead atoms. The number of nitrogens with zero attached hydrogens (tertiary/aromatic N) is 2. The zero-order valence-corrected chi connectivity index (χ0v) is 17.1. The van der Waals surface area contributed by atoms with E-state index in [1.54, 1.807) is 0 Å². The summed E-state index contributed by atoms with van der Waals surface area (Å²) < 4.78 is 0. The molecule has 148 valence electrons. The van der Waals surface area contributed by atoms with Crippen molar-refractivity contribution in [2.45, 2.75) is 45.1 Å². The first-order valence-corrected chi connectivity index (χ1v) is 10.6. The number of carbonyl (C=O) groups is 1. The molecule has 28 heavy (non-hydrogen) atoms. The van der Waals surface area contributed by atoms with Gasteiger partial charge < -0.3 is 10.2 Å². The van der Waals surface area contributed by atoms with Gasteiger partial charge in [0, 0.05) is 30.5 Å². The van der Waals surface area contributed by atoms with Gasteiger partial charge in [0.05, 0.1) is 6.54 Å². The lowest BCUT2D eigenvalue weighted by atomic mass is 9.87. The molecule has 1 amide bonds. The van der Waals surface area contributed by atoms with Crippen molar-refractivity contribution < 1.29 is 4.79 Å². The highest BCUT2D eigenvalue weighted by atomic mass is 16.2. The van der Waals surface area contributed by atoms with Gasteiger partial charge >= 0.3 is 0 Å². The lowest BCUT2D eigenvalue weighted by molar-refractivity contribution is -0.117. The lowest BCUT2D eigenvalue weighted by Crippen LogP contribution is -2.35. The standard InChI is InChI=1S/C24H31N3O/c1-18-16-20(27-14-5-6-15-27)12-13-22(18)25-24(28)17-26(2)23-11-7-9-19-8-3-4-10-21(19)23/h3-4,8,10,12-13,16,23H,5-7,9,11,14-15,17H2,1-2H3,(H,25,28). The Morgan fingerprint density at radius 2 is 1.93 bits per heavy atom. The second-order valence-corrected chi connectivity index (χ2v) is 8.26. The van der Waals surface area contributed by atoms with Crippen molar-refractivity contribution in [3.8, 4) is 0 Å². The second kappa shape index (κ2) is 8.36. The van der Waals surface area contributed by atoms with E-state index in [-0.39, 0.29) is 5.91 Å². The molecule has 4 nitrogen and oxygen atoms in total. The van der Waals surface area contributed by atoms with Crippen LogP contribution in [0.3, 0.4) is 0 Å². The Labute approximate surface area is 168 Å². The van der Waals surface area contributed by atoms with Crippen LogP contribution in [0.15, 0.2) is 42.5 Å². The number of amides is 1. The molecular formula is C24H31N3O. The van der Waals surface area contributed by atoms with E-state index >= 15 is 0 Å². The Balaban J connectivity index is 1.39. The van der Waals surface area contributed by atoms with Crippen LogP contribution < -0.4 is 10.2 Å². The first-order chi connectivity index (χ1) is 13.6. The van der Waals surface area contributed by atoms with Crippen molar-refractivity contribution in [1.82, 2.24) is 4.90 Å². The number of benzene rings is 2. The normalized spacial score (nSPS) is 19.0. The molecule has 0 saturated carbocycles. The monoisotopic (exact) mass is 377 g/mol. The van der Waals surface area contributed by atoms with Crippen LogP contribution in [0.5, 0.6) is 0 Å². The van der Waals surface area contributed by atoms with Crippen molar-refractivity contribution in [2.75, 3.05) is 36.9 Å². The summed E-state index contributed by atoms with van der Waals surface area (Å²) >= 11 is 0. The van der Waals surface area contributed by atoms with Crippen LogP contribution in [0.25, 0.3) is 0 Å². The quantitative estimate of drug-likeness (QED) is 0.831. The maximum Gasteiger partial charge on any atom is 0.238 e. The van der Waals surface area contributed by atoms with Crippen LogP contribution >= 0.6 is 0 Å². The van der Waals surface area contributed by atoms with E-state index in [1.807, 2.05) is 0 Å². The third-order valence-corrected chi connectivity index (χ3v) is 6.22. The first-order valence-electron chi connectivity index (χ1n) is 10.6. The summed E-state index contributed by atoms with van der Waals surface area (Å²) in [4.78, 5) is 17.3. The van der Waals surface area contributed by atoms with Crippen LogP contribution in [-0.4, -0.2) is 37.5 Å². The summed E-state index contributed by atoms with van der Waals surface area (Å²) in [5.41, 5.74) is 6.13. The molecule has 0 aromatic heterocycles. The van der Waals surface area contributed by atoms with E-state index in [9.17, 15) is 4.79 Å². The second-order valence-electron chi connectivity index (χ2n) is 8.26. The van der Waals surface area contributed by atoms with Crippen molar-refractivity contribution >= 4 is 17.3 Å². The van der Waals surface area contributed by atoms with E-state index < -0.39 is 0 Å². The van der Waals surface area contributed by atoms with E-state index in [4.69, 9.17) is 0 Å². The fraction of sp³-hybridized carbons (Fsp3) is 0.458. The van der Waals surface area contributed by atoms with Gasteiger partial charge in [0.1, 0.15) is 0 Å². The Hall–Kier alpha value is -2.33. The SMILES string of the molecule is Cc1cc(N2CCCC2)ccc1NC(=O)CN(C)C1CCCc2ccccc21. The Bertz CT molecular complexity index is 841. The first kappa shape index (κ1) is 19.0. The smallest absolute Gasteiger partial charge is 0.238 e. The number of hydrogen-bond donors (Lipinski definition) is 1. The highest BCUT2D eigenvalue weighted by Gasteiger charge is 2.24. The molecule has 2 aliphatic rings. The number of fused-ring (bicyclic) bond motifs is 1. The number of anilines is 2. The largest absolute Gasteiger partial charge is 0.372 e. The van der Waals surface area contributed by atoms with Gasteiger partial charge in [-0.25, -0.2) is 0 Å². The number of carbonyl (C=O) groups excluding carboxylic acids is 1. The number of aryl methyl sites for hydroxylation is 2. The van der Waals surface area contributed by atoms with Crippen molar-refractivity contribution in [1.29, 1.82) is 0 Å². The highest BCUT2D eigenvalue weighted by molar-refractivity contribution is 5.93. The van der Waals surface area contributed by atoms with Crippen molar-refractivity contribution in [3.63, 3.8) is 0 Å². The van der Waals surface area contributed by atoms with Crippen LogP contribution in [-0.2, 0) is 11.2 Å². The van der Waals surface area contributed by atoms with Gasteiger partial charge in [-0.15, -0.1) is 0 Å². The molecule has 4 rings (SSSR count). The van der Waals surface area contributed by atoms with E-state index in [2.05, 4.69) is 71.6 Å².